The Morgan fingerprint density at radius 2 is 1.70 bits per heavy atom. The SMILES string of the molecule is COc1cc(CN(CC(=O)O)C(=O)c2cc(SC)ccc2C)cc(OC)c1. The summed E-state index contributed by atoms with van der Waals surface area (Å²) in [5.41, 5.74) is 2.02. The molecule has 2 rings (SSSR count). The molecule has 27 heavy (non-hydrogen) atoms. The van der Waals surface area contributed by atoms with E-state index in [0.717, 1.165) is 16.0 Å². The molecule has 0 saturated carbocycles. The lowest BCUT2D eigenvalue weighted by Gasteiger charge is -2.22. The molecule has 0 spiro atoms. The third-order valence-corrected chi connectivity index (χ3v) is 4.80. The molecule has 0 radical (unpaired) electrons. The largest absolute Gasteiger partial charge is 0.497 e. The van der Waals surface area contributed by atoms with Gasteiger partial charge in [0, 0.05) is 23.1 Å². The molecule has 144 valence electrons. The number of amides is 1. The van der Waals surface area contributed by atoms with Crippen molar-refractivity contribution in [2.45, 2.75) is 18.4 Å². The van der Waals surface area contributed by atoms with E-state index in [1.807, 2.05) is 25.3 Å². The van der Waals surface area contributed by atoms with E-state index in [1.165, 1.54) is 30.9 Å². The smallest absolute Gasteiger partial charge is 0.323 e. The van der Waals surface area contributed by atoms with Gasteiger partial charge in [-0.1, -0.05) is 6.07 Å². The molecule has 1 N–H and O–H groups in total. The van der Waals surface area contributed by atoms with Crippen LogP contribution in [0.15, 0.2) is 41.3 Å². The zero-order chi connectivity index (χ0) is 20.0. The summed E-state index contributed by atoms with van der Waals surface area (Å²) < 4.78 is 10.5. The first-order valence-corrected chi connectivity index (χ1v) is 9.48. The lowest BCUT2D eigenvalue weighted by Crippen LogP contribution is -2.35. The highest BCUT2D eigenvalue weighted by Crippen LogP contribution is 2.25. The van der Waals surface area contributed by atoms with Gasteiger partial charge in [-0.15, -0.1) is 11.8 Å². The fourth-order valence-electron chi connectivity index (χ4n) is 2.67. The van der Waals surface area contributed by atoms with E-state index >= 15 is 0 Å². The molecule has 0 aliphatic carbocycles. The fraction of sp³-hybridized carbons (Fsp3) is 0.300. The molecule has 1 amide bonds. The molecule has 0 atom stereocenters. The maximum absolute atomic E-state index is 13.1. The van der Waals surface area contributed by atoms with Gasteiger partial charge in [0.15, 0.2) is 0 Å². The average Bonchev–Trinajstić information content (AvgIpc) is 2.66. The number of methoxy groups -OCH3 is 2. The normalized spacial score (nSPS) is 10.4. The lowest BCUT2D eigenvalue weighted by atomic mass is 10.1. The Morgan fingerprint density at radius 3 is 2.22 bits per heavy atom. The van der Waals surface area contributed by atoms with E-state index in [0.29, 0.717) is 17.1 Å². The van der Waals surface area contributed by atoms with Crippen LogP contribution in [-0.2, 0) is 11.3 Å². The van der Waals surface area contributed by atoms with E-state index in [1.54, 1.807) is 24.3 Å². The van der Waals surface area contributed by atoms with Crippen LogP contribution in [0, 0.1) is 6.92 Å². The zero-order valence-electron chi connectivity index (χ0n) is 15.8. The minimum atomic E-state index is -1.07. The standard InChI is InChI=1S/C20H23NO5S/c1-13-5-6-17(27-4)10-18(13)20(24)21(12-19(22)23)11-14-7-15(25-2)9-16(8-14)26-3/h5-10H,11-12H2,1-4H3,(H,22,23). The van der Waals surface area contributed by atoms with Gasteiger partial charge >= 0.3 is 5.97 Å². The molecule has 0 aromatic heterocycles. The van der Waals surface area contributed by atoms with Crippen LogP contribution in [-0.4, -0.2) is 48.9 Å². The van der Waals surface area contributed by atoms with Crippen molar-refractivity contribution < 1.29 is 24.2 Å². The summed E-state index contributed by atoms with van der Waals surface area (Å²) in [5, 5.41) is 9.28. The predicted octanol–water partition coefficient (Wildman–Crippen LogP) is 3.46. The minimum absolute atomic E-state index is 0.127. The number of carboxylic acid groups (broad SMARTS) is 1. The molecule has 0 aliphatic heterocycles. The number of hydrogen-bond acceptors (Lipinski definition) is 5. The Kier molecular flexibility index (Phi) is 7.12. The second-order valence-electron chi connectivity index (χ2n) is 5.96. The average molecular weight is 389 g/mol. The topological polar surface area (TPSA) is 76.1 Å². The summed E-state index contributed by atoms with van der Waals surface area (Å²) in [6.45, 7) is 1.56. The second-order valence-corrected chi connectivity index (χ2v) is 6.84. The number of aryl methyl sites for hydroxylation is 1. The predicted molar refractivity (Wildman–Crippen MR) is 105 cm³/mol. The molecule has 7 heteroatoms. The van der Waals surface area contributed by atoms with E-state index < -0.39 is 12.5 Å². The Labute approximate surface area is 163 Å². The maximum Gasteiger partial charge on any atom is 0.323 e. The van der Waals surface area contributed by atoms with Gasteiger partial charge in [0.2, 0.25) is 0 Å². The van der Waals surface area contributed by atoms with Gasteiger partial charge in [0.05, 0.1) is 14.2 Å². The number of thioether (sulfide) groups is 1. The highest BCUT2D eigenvalue weighted by atomic mass is 32.2. The van der Waals surface area contributed by atoms with Crippen LogP contribution in [0.5, 0.6) is 11.5 Å². The van der Waals surface area contributed by atoms with E-state index in [-0.39, 0.29) is 12.5 Å². The van der Waals surface area contributed by atoms with Crippen molar-refractivity contribution in [2.24, 2.45) is 0 Å². The van der Waals surface area contributed by atoms with Crippen LogP contribution in [0.3, 0.4) is 0 Å². The van der Waals surface area contributed by atoms with Crippen LogP contribution in [0.4, 0.5) is 0 Å². The molecule has 0 heterocycles. The number of carbonyl (C=O) groups excluding carboxylic acids is 1. The van der Waals surface area contributed by atoms with Crippen molar-refractivity contribution in [1.29, 1.82) is 0 Å². The van der Waals surface area contributed by atoms with Crippen LogP contribution in [0.1, 0.15) is 21.5 Å². The summed E-state index contributed by atoms with van der Waals surface area (Å²) >= 11 is 1.53. The van der Waals surface area contributed by atoms with Crippen molar-refractivity contribution >= 4 is 23.6 Å². The number of carbonyl (C=O) groups is 2. The third kappa shape index (κ3) is 5.40. The van der Waals surface area contributed by atoms with E-state index in [2.05, 4.69) is 0 Å². The van der Waals surface area contributed by atoms with E-state index in [9.17, 15) is 14.7 Å². The number of carboxylic acids is 1. The monoisotopic (exact) mass is 389 g/mol. The molecule has 0 unspecified atom stereocenters. The summed E-state index contributed by atoms with van der Waals surface area (Å²) in [6, 6.07) is 10.8. The molecular weight excluding hydrogens is 366 g/mol. The van der Waals surface area contributed by atoms with Gasteiger partial charge in [-0.3, -0.25) is 9.59 Å². The van der Waals surface area contributed by atoms with Crippen molar-refractivity contribution in [1.82, 2.24) is 4.90 Å². The molecule has 2 aromatic rings. The van der Waals surface area contributed by atoms with Gasteiger partial charge in [0.25, 0.3) is 5.91 Å². The molecule has 0 aliphatic rings. The number of benzene rings is 2. The fourth-order valence-corrected chi connectivity index (χ4v) is 3.11. The van der Waals surface area contributed by atoms with Crippen molar-refractivity contribution in [3.8, 4) is 11.5 Å². The van der Waals surface area contributed by atoms with Gasteiger partial charge in [-0.25, -0.2) is 0 Å². The first kappa shape index (κ1) is 20.6. The molecule has 0 saturated heterocycles. The van der Waals surface area contributed by atoms with Crippen LogP contribution in [0.25, 0.3) is 0 Å². The van der Waals surface area contributed by atoms with Crippen LogP contribution >= 0.6 is 11.8 Å². The molecule has 0 bridgehead atoms. The Bertz CT molecular complexity index is 815. The van der Waals surface area contributed by atoms with Crippen molar-refractivity contribution in [2.75, 3.05) is 27.0 Å². The highest BCUT2D eigenvalue weighted by Gasteiger charge is 2.21. The summed E-state index contributed by atoms with van der Waals surface area (Å²) in [6.07, 6.45) is 1.93. The summed E-state index contributed by atoms with van der Waals surface area (Å²) in [7, 11) is 3.08. The lowest BCUT2D eigenvalue weighted by molar-refractivity contribution is -0.137. The number of nitrogens with zero attached hydrogens (tertiary/aromatic N) is 1. The Balaban J connectivity index is 2.38. The first-order chi connectivity index (χ1) is 12.9. The van der Waals surface area contributed by atoms with Crippen LogP contribution < -0.4 is 9.47 Å². The number of hydrogen-bond donors (Lipinski definition) is 1. The number of ether oxygens (including phenoxy) is 2. The Hall–Kier alpha value is -2.67. The zero-order valence-corrected chi connectivity index (χ0v) is 16.6. The van der Waals surface area contributed by atoms with Gasteiger partial charge in [-0.2, -0.15) is 0 Å². The molecule has 6 nitrogen and oxygen atoms in total. The number of rotatable bonds is 8. The second kappa shape index (κ2) is 9.32. The van der Waals surface area contributed by atoms with Crippen molar-refractivity contribution in [3.63, 3.8) is 0 Å². The van der Waals surface area contributed by atoms with Gasteiger partial charge < -0.3 is 19.5 Å². The number of aliphatic carboxylic acids is 1. The highest BCUT2D eigenvalue weighted by molar-refractivity contribution is 7.98. The molecule has 2 aromatic carbocycles. The van der Waals surface area contributed by atoms with Gasteiger partial charge in [-0.05, 0) is 48.6 Å². The Morgan fingerprint density at radius 1 is 1.07 bits per heavy atom. The minimum Gasteiger partial charge on any atom is -0.497 e. The summed E-state index contributed by atoms with van der Waals surface area (Å²) in [5.74, 6) is -0.246. The summed E-state index contributed by atoms with van der Waals surface area (Å²) in [4.78, 5) is 26.7. The van der Waals surface area contributed by atoms with Crippen LogP contribution in [0.2, 0.25) is 0 Å². The van der Waals surface area contributed by atoms with E-state index in [4.69, 9.17) is 9.47 Å². The molecule has 0 fully saturated rings. The van der Waals surface area contributed by atoms with Crippen molar-refractivity contribution in [3.05, 3.63) is 53.1 Å². The van der Waals surface area contributed by atoms with Gasteiger partial charge in [0.1, 0.15) is 18.0 Å². The third-order valence-electron chi connectivity index (χ3n) is 4.07. The first-order valence-electron chi connectivity index (χ1n) is 8.25. The maximum atomic E-state index is 13.1. The quantitative estimate of drug-likeness (QED) is 0.697. The molecular formula is C20H23NO5S.